The fourth-order valence-corrected chi connectivity index (χ4v) is 3.75. The molecule has 1 aromatic heterocycles. The van der Waals surface area contributed by atoms with Crippen LogP contribution in [0.2, 0.25) is 0 Å². The van der Waals surface area contributed by atoms with E-state index < -0.39 is 0 Å². The molecule has 0 spiro atoms. The minimum atomic E-state index is 0.0278. The van der Waals surface area contributed by atoms with Crippen molar-refractivity contribution >= 4 is 16.7 Å². The Morgan fingerprint density at radius 3 is 2.19 bits per heavy atom. The van der Waals surface area contributed by atoms with Crippen molar-refractivity contribution in [1.29, 1.82) is 0 Å². The van der Waals surface area contributed by atoms with E-state index in [0.29, 0.717) is 6.42 Å². The molecule has 4 aromatic rings. The predicted octanol–water partition coefficient (Wildman–Crippen LogP) is 5.88. The molecule has 26 heavy (non-hydrogen) atoms. The Morgan fingerprint density at radius 1 is 0.846 bits per heavy atom. The molecule has 0 aliphatic heterocycles. The highest BCUT2D eigenvalue weighted by Gasteiger charge is 2.23. The second-order valence-corrected chi connectivity index (χ2v) is 6.67. The molecule has 0 aliphatic carbocycles. The van der Waals surface area contributed by atoms with E-state index >= 15 is 0 Å². The van der Waals surface area contributed by atoms with Crippen LogP contribution in [-0.4, -0.2) is 10.8 Å². The van der Waals surface area contributed by atoms with Gasteiger partial charge in [-0.2, -0.15) is 0 Å². The van der Waals surface area contributed by atoms with Gasteiger partial charge in [0.25, 0.3) is 0 Å². The molecule has 3 aromatic carbocycles. The van der Waals surface area contributed by atoms with Crippen LogP contribution in [0.15, 0.2) is 84.9 Å². The van der Waals surface area contributed by atoms with Crippen molar-refractivity contribution in [2.75, 3.05) is 0 Å². The van der Waals surface area contributed by atoms with Crippen LogP contribution in [-0.2, 0) is 0 Å². The Balaban J connectivity index is 1.81. The first-order valence-electron chi connectivity index (χ1n) is 8.94. The van der Waals surface area contributed by atoms with Crippen molar-refractivity contribution in [1.82, 2.24) is 4.98 Å². The average Bonchev–Trinajstić information content (AvgIpc) is 3.03. The average molecular weight is 339 g/mol. The first kappa shape index (κ1) is 16.3. The smallest absolute Gasteiger partial charge is 0.163 e. The minimum absolute atomic E-state index is 0.0278. The van der Waals surface area contributed by atoms with Gasteiger partial charge in [0.05, 0.1) is 0 Å². The lowest BCUT2D eigenvalue weighted by atomic mass is 9.84. The Bertz CT molecular complexity index is 1030. The number of ketones is 1. The van der Waals surface area contributed by atoms with Gasteiger partial charge in [0, 0.05) is 34.5 Å². The van der Waals surface area contributed by atoms with Crippen LogP contribution in [0.4, 0.5) is 0 Å². The maximum absolute atomic E-state index is 13.0. The highest BCUT2D eigenvalue weighted by molar-refractivity contribution is 5.97. The molecule has 0 amide bonds. The number of benzene rings is 3. The summed E-state index contributed by atoms with van der Waals surface area (Å²) in [6, 6.07) is 28.2. The van der Waals surface area contributed by atoms with Gasteiger partial charge in [-0.15, -0.1) is 0 Å². The van der Waals surface area contributed by atoms with Crippen LogP contribution < -0.4 is 0 Å². The van der Waals surface area contributed by atoms with E-state index in [2.05, 4.69) is 42.2 Å². The lowest BCUT2D eigenvalue weighted by molar-refractivity contribution is 0.0978. The fraction of sp³-hybridized carbons (Fsp3) is 0.125. The molecule has 0 saturated carbocycles. The van der Waals surface area contributed by atoms with Crippen molar-refractivity contribution in [2.24, 2.45) is 0 Å². The number of nitrogens with one attached hydrogen (secondary N) is 1. The van der Waals surface area contributed by atoms with E-state index in [-0.39, 0.29) is 11.7 Å². The molecule has 2 nitrogen and oxygen atoms in total. The van der Waals surface area contributed by atoms with E-state index in [1.165, 1.54) is 16.5 Å². The Morgan fingerprint density at radius 2 is 1.46 bits per heavy atom. The van der Waals surface area contributed by atoms with Crippen LogP contribution in [0.25, 0.3) is 10.9 Å². The largest absolute Gasteiger partial charge is 0.358 e. The van der Waals surface area contributed by atoms with Gasteiger partial charge in [-0.25, -0.2) is 0 Å². The van der Waals surface area contributed by atoms with Gasteiger partial charge in [0.2, 0.25) is 0 Å². The first-order valence-corrected chi connectivity index (χ1v) is 8.94. The van der Waals surface area contributed by atoms with E-state index in [4.69, 9.17) is 0 Å². The topological polar surface area (TPSA) is 32.9 Å². The third-order valence-electron chi connectivity index (χ3n) is 4.98. The third kappa shape index (κ3) is 3.06. The molecule has 1 atom stereocenters. The summed E-state index contributed by atoms with van der Waals surface area (Å²) >= 11 is 0. The number of H-pyrrole nitrogens is 1. The summed E-state index contributed by atoms with van der Waals surface area (Å²) in [7, 11) is 0. The molecule has 2 heteroatoms. The van der Waals surface area contributed by atoms with Gasteiger partial charge in [0.15, 0.2) is 5.78 Å². The summed E-state index contributed by atoms with van der Waals surface area (Å²) in [5, 5.41) is 1.19. The number of carbonyl (C=O) groups excluding carboxylic acids is 1. The molecule has 0 unspecified atom stereocenters. The Kier molecular flexibility index (Phi) is 4.40. The van der Waals surface area contributed by atoms with Crippen LogP contribution in [0.1, 0.15) is 39.5 Å². The summed E-state index contributed by atoms with van der Waals surface area (Å²) in [5.74, 6) is 0.198. The molecule has 0 bridgehead atoms. The highest BCUT2D eigenvalue weighted by Crippen LogP contribution is 2.36. The second-order valence-electron chi connectivity index (χ2n) is 6.67. The summed E-state index contributed by atoms with van der Waals surface area (Å²) in [4.78, 5) is 16.4. The quantitative estimate of drug-likeness (QED) is 0.452. The number of aromatic nitrogens is 1. The Labute approximate surface area is 153 Å². The van der Waals surface area contributed by atoms with Crippen molar-refractivity contribution in [3.05, 3.63) is 107 Å². The molecule has 1 heterocycles. The number of para-hydroxylation sites is 1. The van der Waals surface area contributed by atoms with Crippen molar-refractivity contribution in [2.45, 2.75) is 19.3 Å². The Hall–Kier alpha value is -3.13. The maximum Gasteiger partial charge on any atom is 0.163 e. The molecule has 0 saturated heterocycles. The van der Waals surface area contributed by atoms with Gasteiger partial charge in [-0.1, -0.05) is 78.9 Å². The minimum Gasteiger partial charge on any atom is -0.358 e. The molecule has 4 rings (SSSR count). The summed E-state index contributed by atoms with van der Waals surface area (Å²) in [6.07, 6.45) is 0.455. The summed E-state index contributed by atoms with van der Waals surface area (Å²) in [5.41, 5.74) is 5.40. The molecule has 0 radical (unpaired) electrons. The number of rotatable bonds is 5. The summed E-state index contributed by atoms with van der Waals surface area (Å²) < 4.78 is 0. The highest BCUT2D eigenvalue weighted by atomic mass is 16.1. The lowest BCUT2D eigenvalue weighted by Gasteiger charge is -2.18. The standard InChI is InChI=1S/C24H21NO/c1-17-24(20-14-8-9-15-22(20)25-17)21(18-10-4-2-5-11-18)16-23(26)19-12-6-3-7-13-19/h2-15,21,25H,16H2,1H3/t21-/m1/s1. The number of Topliss-reactive ketones (excluding diaryl/α,β-unsaturated/α-hetero) is 1. The fourth-order valence-electron chi connectivity index (χ4n) is 3.75. The predicted molar refractivity (Wildman–Crippen MR) is 107 cm³/mol. The molecular formula is C24H21NO. The zero-order chi connectivity index (χ0) is 17.9. The van der Waals surface area contributed by atoms with Gasteiger partial charge in [0.1, 0.15) is 0 Å². The van der Waals surface area contributed by atoms with E-state index in [9.17, 15) is 4.79 Å². The molecule has 1 N–H and O–H groups in total. The second kappa shape index (κ2) is 7.01. The number of aromatic amines is 1. The molecule has 0 fully saturated rings. The number of hydrogen-bond acceptors (Lipinski definition) is 1. The first-order chi connectivity index (χ1) is 12.7. The van der Waals surface area contributed by atoms with Crippen LogP contribution >= 0.6 is 0 Å². The number of aryl methyl sites for hydroxylation is 1. The van der Waals surface area contributed by atoms with Crippen LogP contribution in [0.5, 0.6) is 0 Å². The van der Waals surface area contributed by atoms with Gasteiger partial charge >= 0.3 is 0 Å². The molecule has 128 valence electrons. The normalized spacial score (nSPS) is 12.2. The number of fused-ring (bicyclic) bond motifs is 1. The van der Waals surface area contributed by atoms with E-state index in [1.54, 1.807) is 0 Å². The summed E-state index contributed by atoms with van der Waals surface area (Å²) in [6.45, 7) is 2.10. The van der Waals surface area contributed by atoms with Gasteiger partial charge in [-0.3, -0.25) is 4.79 Å². The monoisotopic (exact) mass is 339 g/mol. The zero-order valence-corrected chi connectivity index (χ0v) is 14.8. The van der Waals surface area contributed by atoms with Crippen LogP contribution in [0.3, 0.4) is 0 Å². The molecular weight excluding hydrogens is 318 g/mol. The van der Waals surface area contributed by atoms with E-state index in [0.717, 1.165) is 16.8 Å². The van der Waals surface area contributed by atoms with Crippen LogP contribution in [0, 0.1) is 6.92 Å². The van der Waals surface area contributed by atoms with Gasteiger partial charge in [-0.05, 0) is 24.1 Å². The number of carbonyl (C=O) groups is 1. The van der Waals surface area contributed by atoms with Crippen molar-refractivity contribution < 1.29 is 4.79 Å². The SMILES string of the molecule is Cc1[nH]c2ccccc2c1[C@H](CC(=O)c1ccccc1)c1ccccc1. The zero-order valence-electron chi connectivity index (χ0n) is 14.8. The van der Waals surface area contributed by atoms with E-state index in [1.807, 2.05) is 54.6 Å². The molecule has 0 aliphatic rings. The number of hydrogen-bond donors (Lipinski definition) is 1. The van der Waals surface area contributed by atoms with Crippen molar-refractivity contribution in [3.8, 4) is 0 Å². The lowest BCUT2D eigenvalue weighted by Crippen LogP contribution is -2.10. The van der Waals surface area contributed by atoms with Gasteiger partial charge < -0.3 is 4.98 Å². The maximum atomic E-state index is 13.0. The van der Waals surface area contributed by atoms with Crippen molar-refractivity contribution in [3.63, 3.8) is 0 Å². The third-order valence-corrected chi connectivity index (χ3v) is 4.98.